The summed E-state index contributed by atoms with van der Waals surface area (Å²) in [6.07, 6.45) is 0.445. The van der Waals surface area contributed by atoms with Gasteiger partial charge in [-0.3, -0.25) is 14.9 Å². The molecule has 6 nitrogen and oxygen atoms in total. The lowest BCUT2D eigenvalue weighted by Gasteiger charge is -2.27. The van der Waals surface area contributed by atoms with Gasteiger partial charge in [0.1, 0.15) is 0 Å². The minimum absolute atomic E-state index is 0.0323. The van der Waals surface area contributed by atoms with Gasteiger partial charge in [0, 0.05) is 24.1 Å². The molecule has 0 fully saturated rings. The molecular formula is C12H15ClN2O4. The first-order chi connectivity index (χ1) is 8.71. The molecule has 0 bridgehead atoms. The monoisotopic (exact) mass is 286 g/mol. The van der Waals surface area contributed by atoms with E-state index in [2.05, 4.69) is 5.32 Å². The summed E-state index contributed by atoms with van der Waals surface area (Å²) in [6, 6.07) is 4.13. The Bertz CT molecular complexity index is 503. The number of nitrogens with one attached hydrogen (secondary N) is 1. The van der Waals surface area contributed by atoms with Crippen LogP contribution in [0.5, 0.6) is 0 Å². The Hall–Kier alpha value is -1.82. The average Bonchev–Trinajstić information content (AvgIpc) is 2.29. The van der Waals surface area contributed by atoms with Crippen LogP contribution in [0, 0.1) is 10.1 Å². The van der Waals surface area contributed by atoms with Gasteiger partial charge in [0.05, 0.1) is 15.6 Å². The van der Waals surface area contributed by atoms with E-state index in [0.717, 1.165) is 0 Å². The number of nitrogens with zero attached hydrogens (tertiary/aromatic N) is 1. The fraction of sp³-hybridized carbons (Fsp3) is 0.417. The number of hydrogen-bond acceptors (Lipinski definition) is 4. The van der Waals surface area contributed by atoms with Gasteiger partial charge >= 0.3 is 5.97 Å². The molecule has 104 valence electrons. The van der Waals surface area contributed by atoms with Crippen molar-refractivity contribution >= 4 is 28.9 Å². The molecule has 0 saturated heterocycles. The highest BCUT2D eigenvalue weighted by Crippen LogP contribution is 2.30. The van der Waals surface area contributed by atoms with Crippen molar-refractivity contribution in [3.63, 3.8) is 0 Å². The molecule has 1 aromatic carbocycles. The molecule has 19 heavy (non-hydrogen) atoms. The summed E-state index contributed by atoms with van der Waals surface area (Å²) in [5.74, 6) is -0.871. The number of anilines is 1. The van der Waals surface area contributed by atoms with E-state index < -0.39 is 16.4 Å². The number of aliphatic carboxylic acids is 1. The van der Waals surface area contributed by atoms with Crippen molar-refractivity contribution in [1.29, 1.82) is 0 Å². The summed E-state index contributed by atoms with van der Waals surface area (Å²) in [5, 5.41) is 22.6. The lowest BCUT2D eigenvalue weighted by molar-refractivity contribution is -0.384. The number of hydrogen-bond donors (Lipinski definition) is 2. The summed E-state index contributed by atoms with van der Waals surface area (Å²) in [5.41, 5.74) is -0.0143. The highest BCUT2D eigenvalue weighted by molar-refractivity contribution is 6.33. The van der Waals surface area contributed by atoms with Crippen molar-refractivity contribution in [2.75, 3.05) is 5.32 Å². The van der Waals surface area contributed by atoms with Crippen LogP contribution >= 0.6 is 11.6 Å². The summed E-state index contributed by atoms with van der Waals surface area (Å²) < 4.78 is 0. The maximum Gasteiger partial charge on any atom is 0.303 e. The Morgan fingerprint density at radius 1 is 1.53 bits per heavy atom. The van der Waals surface area contributed by atoms with Gasteiger partial charge in [-0.25, -0.2) is 0 Å². The third kappa shape index (κ3) is 4.75. The number of non-ortho nitro benzene ring substituents is 1. The predicted octanol–water partition coefficient (Wildman–Crippen LogP) is 3.30. The molecule has 2 N–H and O–H groups in total. The first-order valence-electron chi connectivity index (χ1n) is 5.65. The van der Waals surface area contributed by atoms with Gasteiger partial charge in [-0.2, -0.15) is 0 Å². The number of halogens is 1. The summed E-state index contributed by atoms with van der Waals surface area (Å²) in [6.45, 7) is 3.68. The molecule has 7 heteroatoms. The van der Waals surface area contributed by atoms with Crippen LogP contribution in [0.3, 0.4) is 0 Å². The van der Waals surface area contributed by atoms with Gasteiger partial charge < -0.3 is 10.4 Å². The molecule has 0 spiro atoms. The summed E-state index contributed by atoms with van der Waals surface area (Å²) in [4.78, 5) is 20.6. The van der Waals surface area contributed by atoms with Crippen LogP contribution in [-0.4, -0.2) is 21.5 Å². The number of carboxylic acids is 1. The molecule has 0 saturated carbocycles. The highest BCUT2D eigenvalue weighted by Gasteiger charge is 2.20. The van der Waals surface area contributed by atoms with Gasteiger partial charge in [0.15, 0.2) is 0 Å². The van der Waals surface area contributed by atoms with E-state index in [1.807, 2.05) is 13.8 Å². The first-order valence-corrected chi connectivity index (χ1v) is 6.03. The van der Waals surface area contributed by atoms with Gasteiger partial charge in [-0.15, -0.1) is 0 Å². The second-order valence-electron chi connectivity index (χ2n) is 4.82. The van der Waals surface area contributed by atoms with Crippen LogP contribution in [0.1, 0.15) is 26.7 Å². The molecular weight excluding hydrogens is 272 g/mol. The normalized spacial score (nSPS) is 11.1. The fourth-order valence-electron chi connectivity index (χ4n) is 1.57. The second-order valence-corrected chi connectivity index (χ2v) is 5.23. The average molecular weight is 287 g/mol. The smallest absolute Gasteiger partial charge is 0.303 e. The standard InChI is InChI=1S/C12H15ClN2O4/c1-12(2,6-5-11(16)17)14-10-4-3-8(15(18)19)7-9(10)13/h3-4,7,14H,5-6H2,1-2H3,(H,16,17). The lowest BCUT2D eigenvalue weighted by Crippen LogP contribution is -2.31. The summed E-state index contributed by atoms with van der Waals surface area (Å²) in [7, 11) is 0. The van der Waals surface area contributed by atoms with E-state index in [-0.39, 0.29) is 17.1 Å². The topological polar surface area (TPSA) is 92.5 Å². The van der Waals surface area contributed by atoms with E-state index in [4.69, 9.17) is 16.7 Å². The van der Waals surface area contributed by atoms with Crippen LogP contribution in [0.2, 0.25) is 5.02 Å². The van der Waals surface area contributed by atoms with E-state index in [1.165, 1.54) is 18.2 Å². The molecule has 0 aliphatic carbocycles. The zero-order chi connectivity index (χ0) is 14.6. The molecule has 0 radical (unpaired) electrons. The van der Waals surface area contributed by atoms with Crippen molar-refractivity contribution in [2.24, 2.45) is 0 Å². The van der Waals surface area contributed by atoms with Crippen molar-refractivity contribution in [3.8, 4) is 0 Å². The van der Waals surface area contributed by atoms with Gasteiger partial charge in [0.2, 0.25) is 0 Å². The quantitative estimate of drug-likeness (QED) is 0.618. The maximum absolute atomic E-state index is 10.6. The van der Waals surface area contributed by atoms with E-state index >= 15 is 0 Å². The third-order valence-corrected chi connectivity index (χ3v) is 2.91. The number of benzene rings is 1. The molecule has 1 rings (SSSR count). The van der Waals surface area contributed by atoms with Gasteiger partial charge in [-0.1, -0.05) is 11.6 Å². The first kappa shape index (κ1) is 15.2. The number of carboxylic acid groups (broad SMARTS) is 1. The lowest BCUT2D eigenvalue weighted by atomic mass is 9.98. The number of nitro benzene ring substituents is 1. The molecule has 0 aromatic heterocycles. The van der Waals surface area contributed by atoms with E-state index in [9.17, 15) is 14.9 Å². The van der Waals surface area contributed by atoms with Crippen molar-refractivity contribution in [3.05, 3.63) is 33.3 Å². The molecule has 0 amide bonds. The van der Waals surface area contributed by atoms with E-state index in [0.29, 0.717) is 12.1 Å². The maximum atomic E-state index is 10.6. The van der Waals surface area contributed by atoms with Crippen LogP contribution in [-0.2, 0) is 4.79 Å². The SMILES string of the molecule is CC(C)(CCC(=O)O)Nc1ccc([N+](=O)[O-])cc1Cl. The second kappa shape index (κ2) is 5.88. The van der Waals surface area contributed by atoms with Crippen molar-refractivity contribution in [1.82, 2.24) is 0 Å². The van der Waals surface area contributed by atoms with Crippen LogP contribution in [0.25, 0.3) is 0 Å². The Labute approximate surface area is 115 Å². The van der Waals surface area contributed by atoms with Crippen molar-refractivity contribution < 1.29 is 14.8 Å². The minimum Gasteiger partial charge on any atom is -0.481 e. The molecule has 0 unspecified atom stereocenters. The number of rotatable bonds is 6. The highest BCUT2D eigenvalue weighted by atomic mass is 35.5. The van der Waals surface area contributed by atoms with Crippen LogP contribution in [0.4, 0.5) is 11.4 Å². The zero-order valence-electron chi connectivity index (χ0n) is 10.6. The van der Waals surface area contributed by atoms with Gasteiger partial charge in [-0.05, 0) is 26.3 Å². The molecule has 0 aliphatic heterocycles. The predicted molar refractivity (Wildman–Crippen MR) is 72.7 cm³/mol. The fourth-order valence-corrected chi connectivity index (χ4v) is 1.79. The molecule has 0 atom stereocenters. The van der Waals surface area contributed by atoms with Crippen LogP contribution < -0.4 is 5.32 Å². The zero-order valence-corrected chi connectivity index (χ0v) is 11.4. The Kier molecular flexibility index (Phi) is 4.72. The minimum atomic E-state index is -0.871. The Morgan fingerprint density at radius 2 is 2.16 bits per heavy atom. The van der Waals surface area contributed by atoms with E-state index in [1.54, 1.807) is 0 Å². The van der Waals surface area contributed by atoms with Crippen LogP contribution in [0.15, 0.2) is 18.2 Å². The molecule has 0 heterocycles. The Balaban J connectivity index is 2.81. The molecule has 0 aliphatic rings. The Morgan fingerprint density at radius 3 is 2.63 bits per heavy atom. The summed E-state index contributed by atoms with van der Waals surface area (Å²) >= 11 is 5.96. The number of nitro groups is 1. The van der Waals surface area contributed by atoms with Gasteiger partial charge in [0.25, 0.3) is 5.69 Å². The van der Waals surface area contributed by atoms with Crippen molar-refractivity contribution in [2.45, 2.75) is 32.2 Å². The molecule has 1 aromatic rings. The largest absolute Gasteiger partial charge is 0.481 e. The third-order valence-electron chi connectivity index (χ3n) is 2.60. The number of carbonyl (C=O) groups is 1.